The van der Waals surface area contributed by atoms with Crippen molar-refractivity contribution in [3.05, 3.63) is 17.7 Å². The van der Waals surface area contributed by atoms with Crippen LogP contribution in [0.3, 0.4) is 0 Å². The van der Waals surface area contributed by atoms with Gasteiger partial charge < -0.3 is 11.5 Å². The Hall–Kier alpha value is -1.16. The molecule has 3 nitrogen and oxygen atoms in total. The Morgan fingerprint density at radius 3 is 2.42 bits per heavy atom. The van der Waals surface area contributed by atoms with Crippen LogP contribution >= 0.6 is 12.6 Å². The molecule has 4 heteroatoms. The molecule has 64 valence electrons. The second-order valence-corrected chi connectivity index (χ2v) is 3.00. The highest BCUT2D eigenvalue weighted by Gasteiger charge is 2.10. The van der Waals surface area contributed by atoms with Gasteiger partial charge in [-0.05, 0) is 19.1 Å². The van der Waals surface area contributed by atoms with Gasteiger partial charge in [0.25, 0.3) is 0 Å². The second-order valence-electron chi connectivity index (χ2n) is 2.52. The monoisotopic (exact) mass is 182 g/mol. The largest absolute Gasteiger partial charge is 0.397 e. The summed E-state index contributed by atoms with van der Waals surface area (Å²) in [7, 11) is 0. The first kappa shape index (κ1) is 8.93. The lowest BCUT2D eigenvalue weighted by atomic mass is 10.1. The first-order valence-electron chi connectivity index (χ1n) is 3.42. The van der Waals surface area contributed by atoms with Crippen molar-refractivity contribution in [2.75, 3.05) is 11.5 Å². The zero-order valence-electron chi connectivity index (χ0n) is 6.66. The molecule has 4 N–H and O–H groups in total. The second kappa shape index (κ2) is 3.06. The summed E-state index contributed by atoms with van der Waals surface area (Å²) < 4.78 is 0. The predicted octanol–water partition coefficient (Wildman–Crippen LogP) is 1.34. The van der Waals surface area contributed by atoms with Crippen LogP contribution in [0.25, 0.3) is 0 Å². The molecule has 0 saturated carbocycles. The van der Waals surface area contributed by atoms with Gasteiger partial charge in [0.15, 0.2) is 5.78 Å². The fourth-order valence-electron chi connectivity index (χ4n) is 0.994. The van der Waals surface area contributed by atoms with E-state index in [1.165, 1.54) is 6.92 Å². The fraction of sp³-hybridized carbons (Fsp3) is 0.125. The molecule has 0 unspecified atom stereocenters. The first-order chi connectivity index (χ1) is 5.54. The summed E-state index contributed by atoms with van der Waals surface area (Å²) in [5.74, 6) is -0.121. The minimum Gasteiger partial charge on any atom is -0.397 e. The zero-order valence-corrected chi connectivity index (χ0v) is 7.56. The van der Waals surface area contributed by atoms with Gasteiger partial charge in [-0.15, -0.1) is 12.6 Å². The van der Waals surface area contributed by atoms with Gasteiger partial charge in [-0.1, -0.05) is 0 Å². The molecular weight excluding hydrogens is 172 g/mol. The minimum atomic E-state index is -0.121. The molecule has 1 aromatic carbocycles. The third-order valence-corrected chi connectivity index (χ3v) is 1.98. The molecule has 0 spiro atoms. The lowest BCUT2D eigenvalue weighted by Gasteiger charge is -2.07. The zero-order chi connectivity index (χ0) is 9.30. The molecule has 12 heavy (non-hydrogen) atoms. The number of nitrogens with two attached hydrogens (primary N) is 2. The lowest BCUT2D eigenvalue weighted by molar-refractivity contribution is 0.101. The average Bonchev–Trinajstić information content (AvgIpc) is 1.97. The maximum atomic E-state index is 11.1. The third kappa shape index (κ3) is 1.38. The van der Waals surface area contributed by atoms with Crippen molar-refractivity contribution in [3.63, 3.8) is 0 Å². The number of thiol groups is 1. The molecule has 0 atom stereocenters. The Labute approximate surface area is 76.2 Å². The van der Waals surface area contributed by atoms with Gasteiger partial charge in [0.05, 0.1) is 16.9 Å². The van der Waals surface area contributed by atoms with Crippen molar-refractivity contribution in [1.82, 2.24) is 0 Å². The Balaban J connectivity index is 3.43. The van der Waals surface area contributed by atoms with E-state index < -0.39 is 0 Å². The number of Topliss-reactive ketones (excluding diaryl/α,β-unsaturated/α-hetero) is 1. The summed E-state index contributed by atoms with van der Waals surface area (Å²) in [5.41, 5.74) is 12.2. The molecule has 0 aliphatic rings. The van der Waals surface area contributed by atoms with E-state index in [2.05, 4.69) is 12.6 Å². The molecule has 0 heterocycles. The summed E-state index contributed by atoms with van der Waals surface area (Å²) in [4.78, 5) is 11.6. The number of benzene rings is 1. The smallest absolute Gasteiger partial charge is 0.163 e. The number of hydrogen-bond acceptors (Lipinski definition) is 4. The maximum absolute atomic E-state index is 11.1. The van der Waals surface area contributed by atoms with Crippen LogP contribution in [-0.4, -0.2) is 5.78 Å². The van der Waals surface area contributed by atoms with Crippen LogP contribution in [-0.2, 0) is 0 Å². The van der Waals surface area contributed by atoms with Crippen molar-refractivity contribution in [2.24, 2.45) is 0 Å². The van der Waals surface area contributed by atoms with Crippen molar-refractivity contribution in [2.45, 2.75) is 11.8 Å². The highest BCUT2D eigenvalue weighted by molar-refractivity contribution is 7.80. The van der Waals surface area contributed by atoms with Crippen molar-refractivity contribution >= 4 is 29.8 Å². The van der Waals surface area contributed by atoms with Crippen LogP contribution in [0.15, 0.2) is 17.0 Å². The Kier molecular flexibility index (Phi) is 2.28. The average molecular weight is 182 g/mol. The SMILES string of the molecule is CC(=O)c1c(S)ccc(N)c1N. The van der Waals surface area contributed by atoms with Crippen LogP contribution < -0.4 is 11.5 Å². The van der Waals surface area contributed by atoms with Crippen LogP contribution in [0, 0.1) is 0 Å². The Bertz CT molecular complexity index is 336. The summed E-state index contributed by atoms with van der Waals surface area (Å²) in [5, 5.41) is 0. The normalized spacial score (nSPS) is 9.83. The minimum absolute atomic E-state index is 0.121. The number of carbonyl (C=O) groups is 1. The number of rotatable bonds is 1. The van der Waals surface area contributed by atoms with E-state index >= 15 is 0 Å². The topological polar surface area (TPSA) is 69.1 Å². The van der Waals surface area contributed by atoms with Gasteiger partial charge in [-0.25, -0.2) is 0 Å². The maximum Gasteiger partial charge on any atom is 0.163 e. The van der Waals surface area contributed by atoms with Crippen LogP contribution in [0.5, 0.6) is 0 Å². The summed E-state index contributed by atoms with van der Waals surface area (Å²) in [6.07, 6.45) is 0. The van der Waals surface area contributed by atoms with Gasteiger partial charge >= 0.3 is 0 Å². The number of hydrogen-bond donors (Lipinski definition) is 3. The van der Waals surface area contributed by atoms with E-state index in [9.17, 15) is 4.79 Å². The third-order valence-electron chi connectivity index (χ3n) is 1.61. The molecule has 0 aromatic heterocycles. The first-order valence-corrected chi connectivity index (χ1v) is 3.86. The van der Waals surface area contributed by atoms with Crippen molar-refractivity contribution in [1.29, 1.82) is 0 Å². The van der Waals surface area contributed by atoms with Gasteiger partial charge in [0.2, 0.25) is 0 Å². The number of ketones is 1. The molecular formula is C8H10N2OS. The van der Waals surface area contributed by atoms with E-state index in [1.54, 1.807) is 12.1 Å². The Morgan fingerprint density at radius 1 is 1.42 bits per heavy atom. The van der Waals surface area contributed by atoms with Gasteiger partial charge in [-0.3, -0.25) is 4.79 Å². The van der Waals surface area contributed by atoms with E-state index in [0.29, 0.717) is 21.8 Å². The van der Waals surface area contributed by atoms with Gasteiger partial charge in [0, 0.05) is 4.90 Å². The molecule has 0 aliphatic heterocycles. The lowest BCUT2D eigenvalue weighted by Crippen LogP contribution is -2.04. The summed E-state index contributed by atoms with van der Waals surface area (Å²) in [6.45, 7) is 1.44. The van der Waals surface area contributed by atoms with Gasteiger partial charge in [-0.2, -0.15) is 0 Å². The summed E-state index contributed by atoms with van der Waals surface area (Å²) in [6, 6.07) is 3.29. The molecule has 0 amide bonds. The fourth-order valence-corrected chi connectivity index (χ4v) is 1.35. The highest BCUT2D eigenvalue weighted by Crippen LogP contribution is 2.26. The molecule has 0 radical (unpaired) electrons. The number of nitrogen functional groups attached to an aromatic ring is 2. The van der Waals surface area contributed by atoms with E-state index in [0.717, 1.165) is 0 Å². The van der Waals surface area contributed by atoms with E-state index in [4.69, 9.17) is 11.5 Å². The summed E-state index contributed by atoms with van der Waals surface area (Å²) >= 11 is 4.10. The number of anilines is 2. The van der Waals surface area contributed by atoms with Crippen LogP contribution in [0.4, 0.5) is 11.4 Å². The molecule has 0 aliphatic carbocycles. The molecule has 0 bridgehead atoms. The molecule has 0 fully saturated rings. The molecule has 0 saturated heterocycles. The van der Waals surface area contributed by atoms with E-state index in [-0.39, 0.29) is 5.78 Å². The number of carbonyl (C=O) groups excluding carboxylic acids is 1. The van der Waals surface area contributed by atoms with Crippen molar-refractivity contribution < 1.29 is 4.79 Å². The van der Waals surface area contributed by atoms with Gasteiger partial charge in [0.1, 0.15) is 0 Å². The highest BCUT2D eigenvalue weighted by atomic mass is 32.1. The molecule has 1 aromatic rings. The van der Waals surface area contributed by atoms with E-state index in [1.807, 2.05) is 0 Å². The van der Waals surface area contributed by atoms with Crippen molar-refractivity contribution in [3.8, 4) is 0 Å². The molecule has 1 rings (SSSR count). The van der Waals surface area contributed by atoms with Crippen LogP contribution in [0.2, 0.25) is 0 Å². The standard InChI is InChI=1S/C8H10N2OS/c1-4(11)7-6(12)3-2-5(9)8(7)10/h2-3,12H,9-10H2,1H3. The predicted molar refractivity (Wildman–Crippen MR) is 52.5 cm³/mol. The quantitative estimate of drug-likeness (QED) is 0.349. The Morgan fingerprint density at radius 2 is 2.00 bits per heavy atom. The van der Waals surface area contributed by atoms with Crippen LogP contribution in [0.1, 0.15) is 17.3 Å².